The van der Waals surface area contributed by atoms with Crippen LogP contribution in [0.25, 0.3) is 10.9 Å². The number of aromatic nitrogens is 1. The van der Waals surface area contributed by atoms with E-state index in [4.69, 9.17) is 0 Å². The number of likely N-dealkylation sites (tertiary alicyclic amines) is 1. The van der Waals surface area contributed by atoms with Crippen molar-refractivity contribution in [3.8, 4) is 0 Å². The Morgan fingerprint density at radius 2 is 2.25 bits per heavy atom. The molecule has 0 saturated carbocycles. The van der Waals surface area contributed by atoms with E-state index < -0.39 is 0 Å². The number of benzene rings is 1. The van der Waals surface area contributed by atoms with E-state index in [0.717, 1.165) is 42.4 Å². The highest BCUT2D eigenvalue weighted by atomic mass is 16.2. The van der Waals surface area contributed by atoms with Crippen molar-refractivity contribution >= 4 is 16.8 Å². The molecule has 1 aliphatic rings. The van der Waals surface area contributed by atoms with E-state index in [1.165, 1.54) is 0 Å². The third-order valence-electron chi connectivity index (χ3n) is 4.27. The van der Waals surface area contributed by atoms with Crippen molar-refractivity contribution in [3.63, 3.8) is 0 Å². The SMILES string of the molecule is CN1CCCC(N(C)C(=O)c2ccc3[nH]ccc3c2)C1. The van der Waals surface area contributed by atoms with Crippen LogP contribution in [0.15, 0.2) is 30.5 Å². The molecule has 106 valence electrons. The number of carbonyl (C=O) groups excluding carboxylic acids is 1. The number of fused-ring (bicyclic) bond motifs is 1. The first-order valence-corrected chi connectivity index (χ1v) is 7.18. The molecule has 0 aliphatic carbocycles. The van der Waals surface area contributed by atoms with E-state index in [1.54, 1.807) is 0 Å². The third-order valence-corrected chi connectivity index (χ3v) is 4.27. The number of nitrogens with one attached hydrogen (secondary N) is 1. The third kappa shape index (κ3) is 2.43. The van der Waals surface area contributed by atoms with Crippen molar-refractivity contribution in [2.45, 2.75) is 18.9 Å². The van der Waals surface area contributed by atoms with Crippen LogP contribution in [0.3, 0.4) is 0 Å². The Morgan fingerprint density at radius 1 is 1.40 bits per heavy atom. The van der Waals surface area contributed by atoms with Crippen LogP contribution in [-0.2, 0) is 0 Å². The van der Waals surface area contributed by atoms with Gasteiger partial charge in [-0.3, -0.25) is 4.79 Å². The van der Waals surface area contributed by atoms with Crippen molar-refractivity contribution in [1.82, 2.24) is 14.8 Å². The van der Waals surface area contributed by atoms with Gasteiger partial charge in [0.15, 0.2) is 0 Å². The van der Waals surface area contributed by atoms with E-state index in [2.05, 4.69) is 16.9 Å². The molecule has 1 N–H and O–H groups in total. The first-order chi connectivity index (χ1) is 9.65. The summed E-state index contributed by atoms with van der Waals surface area (Å²) in [4.78, 5) is 20.0. The maximum Gasteiger partial charge on any atom is 0.253 e. The van der Waals surface area contributed by atoms with E-state index in [9.17, 15) is 4.79 Å². The molecule has 3 rings (SSSR count). The standard InChI is InChI=1S/C16H21N3O/c1-18-9-3-4-14(11-18)19(2)16(20)13-5-6-15-12(10-13)7-8-17-15/h5-8,10,14,17H,3-4,9,11H2,1-2H3. The zero-order chi connectivity index (χ0) is 14.1. The Kier molecular flexibility index (Phi) is 3.49. The molecule has 1 atom stereocenters. The monoisotopic (exact) mass is 271 g/mol. The van der Waals surface area contributed by atoms with E-state index in [1.807, 2.05) is 42.4 Å². The average Bonchev–Trinajstić information content (AvgIpc) is 2.93. The molecule has 1 aliphatic heterocycles. The van der Waals surface area contributed by atoms with Gasteiger partial charge in [0.1, 0.15) is 0 Å². The lowest BCUT2D eigenvalue weighted by molar-refractivity contribution is 0.0644. The number of aromatic amines is 1. The molecule has 1 saturated heterocycles. The summed E-state index contributed by atoms with van der Waals surface area (Å²) in [5.74, 6) is 0.119. The predicted octanol–water partition coefficient (Wildman–Crippen LogP) is 2.33. The minimum atomic E-state index is 0.119. The second-order valence-corrected chi connectivity index (χ2v) is 5.75. The number of hydrogen-bond donors (Lipinski definition) is 1. The number of likely N-dealkylation sites (N-methyl/N-ethyl adjacent to an activating group) is 2. The number of piperidine rings is 1. The molecule has 1 unspecified atom stereocenters. The summed E-state index contributed by atoms with van der Waals surface area (Å²) in [5.41, 5.74) is 1.84. The van der Waals surface area contributed by atoms with E-state index in [0.29, 0.717) is 6.04 Å². The second kappa shape index (κ2) is 5.29. The summed E-state index contributed by atoms with van der Waals surface area (Å²) in [7, 11) is 4.05. The Bertz CT molecular complexity index is 619. The highest BCUT2D eigenvalue weighted by Gasteiger charge is 2.25. The van der Waals surface area contributed by atoms with Gasteiger partial charge in [0.05, 0.1) is 0 Å². The molecular formula is C16H21N3O. The quantitative estimate of drug-likeness (QED) is 0.910. The molecule has 0 radical (unpaired) electrons. The Balaban J connectivity index is 1.79. The van der Waals surface area contributed by atoms with Crippen LogP contribution in [0.4, 0.5) is 0 Å². The lowest BCUT2D eigenvalue weighted by Crippen LogP contribution is -2.47. The zero-order valence-corrected chi connectivity index (χ0v) is 12.1. The van der Waals surface area contributed by atoms with Gasteiger partial charge >= 0.3 is 0 Å². The number of rotatable bonds is 2. The lowest BCUT2D eigenvalue weighted by atomic mass is 10.0. The molecule has 4 nitrogen and oxygen atoms in total. The number of hydrogen-bond acceptors (Lipinski definition) is 2. The number of H-pyrrole nitrogens is 1. The average molecular weight is 271 g/mol. The number of amides is 1. The molecule has 2 heterocycles. The lowest BCUT2D eigenvalue weighted by Gasteiger charge is -2.35. The summed E-state index contributed by atoms with van der Waals surface area (Å²) in [5, 5.41) is 1.09. The van der Waals surface area contributed by atoms with Gasteiger partial charge in [-0.05, 0) is 50.7 Å². The van der Waals surface area contributed by atoms with Crippen LogP contribution in [0.5, 0.6) is 0 Å². The topological polar surface area (TPSA) is 39.3 Å². The Morgan fingerprint density at radius 3 is 3.05 bits per heavy atom. The molecule has 1 aromatic heterocycles. The summed E-state index contributed by atoms with van der Waals surface area (Å²) in [6.45, 7) is 2.10. The van der Waals surface area contributed by atoms with Crippen molar-refractivity contribution in [1.29, 1.82) is 0 Å². The number of carbonyl (C=O) groups is 1. The fourth-order valence-corrected chi connectivity index (χ4v) is 3.01. The summed E-state index contributed by atoms with van der Waals surface area (Å²) in [6, 6.07) is 8.17. The van der Waals surface area contributed by atoms with Crippen LogP contribution in [0.2, 0.25) is 0 Å². The van der Waals surface area contributed by atoms with Gasteiger partial charge < -0.3 is 14.8 Å². The van der Waals surface area contributed by atoms with Gasteiger partial charge in [-0.2, -0.15) is 0 Å². The van der Waals surface area contributed by atoms with Crippen LogP contribution in [0, 0.1) is 0 Å². The zero-order valence-electron chi connectivity index (χ0n) is 12.1. The summed E-state index contributed by atoms with van der Waals surface area (Å²) >= 11 is 0. The Hall–Kier alpha value is -1.81. The summed E-state index contributed by atoms with van der Waals surface area (Å²) in [6.07, 6.45) is 4.16. The molecule has 20 heavy (non-hydrogen) atoms. The van der Waals surface area contributed by atoms with Crippen LogP contribution in [-0.4, -0.2) is 53.9 Å². The molecule has 1 fully saturated rings. The minimum absolute atomic E-state index is 0.119. The van der Waals surface area contributed by atoms with Gasteiger partial charge in [0.2, 0.25) is 0 Å². The minimum Gasteiger partial charge on any atom is -0.361 e. The van der Waals surface area contributed by atoms with E-state index >= 15 is 0 Å². The molecule has 0 bridgehead atoms. The molecular weight excluding hydrogens is 250 g/mol. The molecule has 0 spiro atoms. The van der Waals surface area contributed by atoms with Crippen molar-refractivity contribution in [3.05, 3.63) is 36.0 Å². The van der Waals surface area contributed by atoms with Crippen LogP contribution >= 0.6 is 0 Å². The van der Waals surface area contributed by atoms with Crippen molar-refractivity contribution in [2.24, 2.45) is 0 Å². The largest absolute Gasteiger partial charge is 0.361 e. The van der Waals surface area contributed by atoms with Crippen LogP contribution < -0.4 is 0 Å². The highest BCUT2D eigenvalue weighted by Crippen LogP contribution is 2.19. The van der Waals surface area contributed by atoms with Crippen molar-refractivity contribution in [2.75, 3.05) is 27.2 Å². The molecule has 2 aromatic rings. The maximum absolute atomic E-state index is 12.6. The molecule has 1 aromatic carbocycles. The predicted molar refractivity (Wildman–Crippen MR) is 80.9 cm³/mol. The first kappa shape index (κ1) is 13.2. The van der Waals surface area contributed by atoms with Gasteiger partial charge in [-0.1, -0.05) is 0 Å². The Labute approximate surface area is 119 Å². The van der Waals surface area contributed by atoms with Crippen LogP contribution in [0.1, 0.15) is 23.2 Å². The fourth-order valence-electron chi connectivity index (χ4n) is 3.01. The van der Waals surface area contributed by atoms with Gasteiger partial charge in [-0.15, -0.1) is 0 Å². The van der Waals surface area contributed by atoms with Gasteiger partial charge in [-0.25, -0.2) is 0 Å². The normalized spacial score (nSPS) is 20.2. The highest BCUT2D eigenvalue weighted by molar-refractivity contribution is 5.98. The fraction of sp³-hybridized carbons (Fsp3) is 0.438. The number of nitrogens with zero attached hydrogens (tertiary/aromatic N) is 2. The van der Waals surface area contributed by atoms with Crippen molar-refractivity contribution < 1.29 is 4.79 Å². The molecule has 4 heteroatoms. The smallest absolute Gasteiger partial charge is 0.253 e. The van der Waals surface area contributed by atoms with E-state index in [-0.39, 0.29) is 5.91 Å². The molecule has 1 amide bonds. The maximum atomic E-state index is 12.6. The second-order valence-electron chi connectivity index (χ2n) is 5.75. The summed E-state index contributed by atoms with van der Waals surface area (Å²) < 4.78 is 0. The van der Waals surface area contributed by atoms with Gasteiger partial charge in [0, 0.05) is 42.3 Å². The first-order valence-electron chi connectivity index (χ1n) is 7.18. The van der Waals surface area contributed by atoms with Gasteiger partial charge in [0.25, 0.3) is 5.91 Å².